The summed E-state index contributed by atoms with van der Waals surface area (Å²) in [6, 6.07) is 5.10. The van der Waals surface area contributed by atoms with Gasteiger partial charge in [0.25, 0.3) is 0 Å². The molecule has 10 heteroatoms. The predicted molar refractivity (Wildman–Crippen MR) is 96.7 cm³/mol. The number of carbonyl (C=O) groups is 1. The topological polar surface area (TPSA) is 91.0 Å². The molecule has 8 nitrogen and oxygen atoms in total. The van der Waals surface area contributed by atoms with E-state index in [9.17, 15) is 14.0 Å². The lowest BCUT2D eigenvalue weighted by Gasteiger charge is -2.19. The SMILES string of the molecule is CC(C)(C)OC(=O)NCC(=CF)Cn1ncn(-c2cccc(Br)n2)c1=O. The Morgan fingerprint density at radius 3 is 2.77 bits per heavy atom. The second-order valence-corrected chi connectivity index (χ2v) is 7.19. The second kappa shape index (κ2) is 8.26. The third-order valence-electron chi connectivity index (χ3n) is 3.05. The summed E-state index contributed by atoms with van der Waals surface area (Å²) in [6.45, 7) is 4.94. The molecule has 26 heavy (non-hydrogen) atoms. The first kappa shape index (κ1) is 19.8. The molecule has 0 aliphatic rings. The summed E-state index contributed by atoms with van der Waals surface area (Å²) in [5.74, 6) is 0.383. The zero-order valence-electron chi connectivity index (χ0n) is 14.6. The van der Waals surface area contributed by atoms with Crippen LogP contribution in [0.5, 0.6) is 0 Å². The number of alkyl carbamates (subject to hydrolysis) is 1. The molecule has 1 amide bonds. The Morgan fingerprint density at radius 1 is 1.42 bits per heavy atom. The molecule has 0 atom stereocenters. The third-order valence-corrected chi connectivity index (χ3v) is 3.49. The summed E-state index contributed by atoms with van der Waals surface area (Å²) >= 11 is 3.23. The summed E-state index contributed by atoms with van der Waals surface area (Å²) in [5.41, 5.74) is -0.978. The largest absolute Gasteiger partial charge is 0.444 e. The molecule has 0 bridgehead atoms. The van der Waals surface area contributed by atoms with Gasteiger partial charge in [-0.1, -0.05) is 6.07 Å². The lowest BCUT2D eigenvalue weighted by atomic mass is 10.2. The molecule has 0 radical (unpaired) electrons. The number of carbonyl (C=O) groups excluding carboxylic acids is 1. The summed E-state index contributed by atoms with van der Waals surface area (Å²) in [7, 11) is 0. The van der Waals surface area contributed by atoms with E-state index in [0.29, 0.717) is 16.8 Å². The second-order valence-electron chi connectivity index (χ2n) is 6.38. The fourth-order valence-electron chi connectivity index (χ4n) is 1.96. The lowest BCUT2D eigenvalue weighted by molar-refractivity contribution is 0.0532. The number of nitrogens with one attached hydrogen (secondary N) is 1. The smallest absolute Gasteiger partial charge is 0.407 e. The molecule has 140 valence electrons. The van der Waals surface area contributed by atoms with E-state index in [1.165, 1.54) is 10.9 Å². The van der Waals surface area contributed by atoms with Gasteiger partial charge in [-0.15, -0.1) is 0 Å². The van der Waals surface area contributed by atoms with Crippen molar-refractivity contribution in [1.82, 2.24) is 24.6 Å². The van der Waals surface area contributed by atoms with Gasteiger partial charge >= 0.3 is 11.8 Å². The first-order chi connectivity index (χ1) is 12.2. The van der Waals surface area contributed by atoms with Crippen molar-refractivity contribution in [3.63, 3.8) is 0 Å². The van der Waals surface area contributed by atoms with Crippen LogP contribution < -0.4 is 11.0 Å². The van der Waals surface area contributed by atoms with E-state index < -0.39 is 17.4 Å². The van der Waals surface area contributed by atoms with Crippen LogP contribution in [0.4, 0.5) is 9.18 Å². The van der Waals surface area contributed by atoms with E-state index in [4.69, 9.17) is 4.74 Å². The quantitative estimate of drug-likeness (QED) is 0.740. The van der Waals surface area contributed by atoms with Crippen molar-refractivity contribution in [2.75, 3.05) is 6.54 Å². The van der Waals surface area contributed by atoms with Crippen molar-refractivity contribution in [2.45, 2.75) is 32.9 Å². The summed E-state index contributed by atoms with van der Waals surface area (Å²) in [5, 5.41) is 6.39. The Hall–Kier alpha value is -2.49. The zero-order valence-corrected chi connectivity index (χ0v) is 16.2. The maximum atomic E-state index is 13.1. The van der Waals surface area contributed by atoms with Crippen LogP contribution in [-0.4, -0.2) is 37.6 Å². The molecule has 0 unspecified atom stereocenters. The van der Waals surface area contributed by atoms with Gasteiger partial charge in [0.1, 0.15) is 22.3 Å². The average Bonchev–Trinajstić information content (AvgIpc) is 2.90. The average molecular weight is 428 g/mol. The molecule has 2 heterocycles. The van der Waals surface area contributed by atoms with Crippen molar-refractivity contribution in [2.24, 2.45) is 0 Å². The number of ether oxygens (including phenoxy) is 1. The summed E-state index contributed by atoms with van der Waals surface area (Å²) in [6.07, 6.45) is 0.960. The summed E-state index contributed by atoms with van der Waals surface area (Å²) < 4.78 is 21.1. The van der Waals surface area contributed by atoms with Crippen LogP contribution in [0.1, 0.15) is 20.8 Å². The molecule has 0 aliphatic heterocycles. The van der Waals surface area contributed by atoms with Crippen LogP contribution in [0.15, 0.2) is 45.8 Å². The molecular weight excluding hydrogens is 409 g/mol. The number of nitrogens with zero attached hydrogens (tertiary/aromatic N) is 4. The van der Waals surface area contributed by atoms with Crippen LogP contribution in [-0.2, 0) is 11.3 Å². The third kappa shape index (κ3) is 5.51. The van der Waals surface area contributed by atoms with Gasteiger partial charge in [0.2, 0.25) is 0 Å². The highest BCUT2D eigenvalue weighted by Gasteiger charge is 2.16. The van der Waals surface area contributed by atoms with Gasteiger partial charge in [0.05, 0.1) is 12.9 Å². The van der Waals surface area contributed by atoms with E-state index in [1.807, 2.05) is 0 Å². The first-order valence-electron chi connectivity index (χ1n) is 7.72. The lowest BCUT2D eigenvalue weighted by Crippen LogP contribution is -2.34. The maximum absolute atomic E-state index is 13.1. The number of rotatable bonds is 5. The zero-order chi connectivity index (χ0) is 19.3. The Kier molecular flexibility index (Phi) is 6.30. The molecule has 0 aliphatic carbocycles. The minimum Gasteiger partial charge on any atom is -0.444 e. The van der Waals surface area contributed by atoms with E-state index in [2.05, 4.69) is 31.3 Å². The first-order valence-corrected chi connectivity index (χ1v) is 8.51. The number of aromatic nitrogens is 4. The van der Waals surface area contributed by atoms with Gasteiger partial charge in [-0.05, 0) is 54.4 Å². The number of hydrogen-bond donors (Lipinski definition) is 1. The highest BCUT2D eigenvalue weighted by molar-refractivity contribution is 9.10. The van der Waals surface area contributed by atoms with Crippen LogP contribution >= 0.6 is 15.9 Å². The van der Waals surface area contributed by atoms with Gasteiger partial charge < -0.3 is 10.1 Å². The van der Waals surface area contributed by atoms with Crippen LogP contribution in [0, 0.1) is 0 Å². The highest BCUT2D eigenvalue weighted by Crippen LogP contribution is 2.09. The Labute approximate surface area is 157 Å². The Bertz CT molecular complexity index is 869. The van der Waals surface area contributed by atoms with E-state index >= 15 is 0 Å². The van der Waals surface area contributed by atoms with Crippen LogP contribution in [0.3, 0.4) is 0 Å². The normalized spacial score (nSPS) is 12.1. The molecule has 0 fully saturated rings. The van der Waals surface area contributed by atoms with Crippen LogP contribution in [0.2, 0.25) is 0 Å². The van der Waals surface area contributed by atoms with E-state index in [0.717, 1.165) is 4.68 Å². The monoisotopic (exact) mass is 427 g/mol. The minimum absolute atomic E-state index is 0.111. The van der Waals surface area contributed by atoms with Crippen molar-refractivity contribution in [3.8, 4) is 5.82 Å². The fraction of sp³-hybridized carbons (Fsp3) is 0.375. The van der Waals surface area contributed by atoms with Crippen molar-refractivity contribution in [3.05, 3.63) is 51.5 Å². The van der Waals surface area contributed by atoms with Crippen LogP contribution in [0.25, 0.3) is 5.82 Å². The highest BCUT2D eigenvalue weighted by atomic mass is 79.9. The molecule has 0 spiro atoms. The molecule has 0 aromatic carbocycles. The van der Waals surface area contributed by atoms with Crippen molar-refractivity contribution >= 4 is 22.0 Å². The van der Waals surface area contributed by atoms with Gasteiger partial charge in [-0.25, -0.2) is 28.2 Å². The standard InChI is InChI=1S/C16H19BrFN5O3/c1-16(2,3)26-14(24)19-8-11(7-18)9-23-15(25)22(10-20-23)13-6-4-5-12(17)21-13/h4-7,10H,8-9H2,1-3H3,(H,19,24). The van der Waals surface area contributed by atoms with Gasteiger partial charge in [-0.2, -0.15) is 5.10 Å². The predicted octanol–water partition coefficient (Wildman–Crippen LogP) is 2.57. The van der Waals surface area contributed by atoms with Gasteiger partial charge in [0.15, 0.2) is 0 Å². The molecule has 1 N–H and O–H groups in total. The number of hydrogen-bond acceptors (Lipinski definition) is 5. The van der Waals surface area contributed by atoms with Gasteiger partial charge in [-0.3, -0.25) is 0 Å². The fourth-order valence-corrected chi connectivity index (χ4v) is 2.29. The molecule has 0 saturated carbocycles. The molecule has 2 aromatic rings. The summed E-state index contributed by atoms with van der Waals surface area (Å²) in [4.78, 5) is 28.2. The Morgan fingerprint density at radius 2 is 2.15 bits per heavy atom. The number of amides is 1. The minimum atomic E-state index is -0.673. The Balaban J connectivity index is 2.06. The van der Waals surface area contributed by atoms with Gasteiger partial charge in [0, 0.05) is 6.54 Å². The number of halogens is 2. The van der Waals surface area contributed by atoms with Crippen molar-refractivity contribution in [1.29, 1.82) is 0 Å². The molecule has 2 aromatic heterocycles. The maximum Gasteiger partial charge on any atom is 0.407 e. The molecular formula is C16H19BrFN5O3. The number of pyridine rings is 1. The molecule has 0 saturated heterocycles. The van der Waals surface area contributed by atoms with E-state index in [1.54, 1.807) is 39.0 Å². The molecule has 2 rings (SSSR count). The van der Waals surface area contributed by atoms with Crippen molar-refractivity contribution < 1.29 is 13.9 Å². The van der Waals surface area contributed by atoms with E-state index in [-0.39, 0.29) is 18.7 Å².